The number of benzene rings is 1. The molecule has 0 saturated carbocycles. The number of pyridine rings is 1. The van der Waals surface area contributed by atoms with E-state index in [9.17, 15) is 9.59 Å². The van der Waals surface area contributed by atoms with Crippen molar-refractivity contribution < 1.29 is 28.5 Å². The van der Waals surface area contributed by atoms with E-state index < -0.39 is 17.9 Å². The van der Waals surface area contributed by atoms with Crippen LogP contribution in [0, 0.1) is 6.92 Å². The number of esters is 1. The molecule has 3 aromatic rings. The summed E-state index contributed by atoms with van der Waals surface area (Å²) in [5.41, 5.74) is 2.75. The second kappa shape index (κ2) is 11.7. The Morgan fingerprint density at radius 1 is 1.26 bits per heavy atom. The van der Waals surface area contributed by atoms with Gasteiger partial charge >= 0.3 is 5.97 Å². The number of aryl methyl sites for hydroxylation is 1. The first-order valence-electron chi connectivity index (χ1n) is 13.0. The van der Waals surface area contributed by atoms with E-state index in [4.69, 9.17) is 18.9 Å². The van der Waals surface area contributed by atoms with Crippen LogP contribution in [0.25, 0.3) is 17.1 Å². The minimum Gasteiger partial charge on any atom is -0.492 e. The summed E-state index contributed by atoms with van der Waals surface area (Å²) in [5.74, 6) is -0.529. The number of aromatic amines is 1. The Labute approximate surface area is 226 Å². The molecule has 2 aliphatic heterocycles. The minimum atomic E-state index is -0.748. The van der Waals surface area contributed by atoms with Gasteiger partial charge in [0.25, 0.3) is 0 Å². The summed E-state index contributed by atoms with van der Waals surface area (Å²) in [4.78, 5) is 35.9. The number of nitrogens with one attached hydrogen (secondary N) is 2. The minimum absolute atomic E-state index is 0.0127. The number of nitrogens with zero attached hydrogens (tertiary/aromatic N) is 2. The lowest BCUT2D eigenvalue weighted by molar-refractivity contribution is -0.143. The molecule has 0 amide bonds. The maximum atomic E-state index is 13.3. The van der Waals surface area contributed by atoms with E-state index in [2.05, 4.69) is 20.2 Å². The number of carbonyl (C=O) groups excluding carboxylic acids is 2. The molecule has 204 valence electrons. The third kappa shape index (κ3) is 6.13. The van der Waals surface area contributed by atoms with E-state index in [1.165, 1.54) is 0 Å². The Hall–Kier alpha value is -4.15. The molecule has 0 aliphatic carbocycles. The highest BCUT2D eigenvalue weighted by Gasteiger charge is 2.37. The fourth-order valence-corrected chi connectivity index (χ4v) is 4.42. The molecule has 1 aromatic carbocycles. The number of morpholine rings is 1. The van der Waals surface area contributed by atoms with Crippen LogP contribution in [-0.4, -0.2) is 72.2 Å². The quantitative estimate of drug-likeness (QED) is 0.241. The summed E-state index contributed by atoms with van der Waals surface area (Å²) in [6, 6.07) is 9.28. The molecule has 2 aromatic heterocycles. The van der Waals surface area contributed by atoms with Crippen LogP contribution in [0.3, 0.4) is 0 Å². The molecule has 2 N–H and O–H groups in total. The van der Waals surface area contributed by atoms with Crippen LogP contribution in [0.1, 0.15) is 25.0 Å². The van der Waals surface area contributed by atoms with Gasteiger partial charge in [-0.1, -0.05) is 0 Å². The lowest BCUT2D eigenvalue weighted by Gasteiger charge is -2.26. The molecule has 10 nitrogen and oxygen atoms in total. The Morgan fingerprint density at radius 3 is 2.85 bits per heavy atom. The fourth-order valence-electron chi connectivity index (χ4n) is 4.42. The zero-order valence-corrected chi connectivity index (χ0v) is 22.3. The number of Topliss-reactive ketones (excluding diaryl/α,β-unsaturated/α-hetero) is 1. The van der Waals surface area contributed by atoms with Crippen LogP contribution in [0.15, 0.2) is 59.9 Å². The van der Waals surface area contributed by atoms with Crippen molar-refractivity contribution in [3.63, 3.8) is 0 Å². The first-order valence-corrected chi connectivity index (χ1v) is 13.0. The van der Waals surface area contributed by atoms with Crippen LogP contribution in [0.5, 0.6) is 5.75 Å². The predicted octanol–water partition coefficient (Wildman–Crippen LogP) is 3.80. The van der Waals surface area contributed by atoms with Crippen molar-refractivity contribution in [2.75, 3.05) is 44.8 Å². The average molecular weight is 533 g/mol. The van der Waals surface area contributed by atoms with E-state index in [0.29, 0.717) is 23.5 Å². The van der Waals surface area contributed by atoms with Crippen LogP contribution in [0.4, 0.5) is 5.69 Å². The average Bonchev–Trinajstić information content (AvgIpc) is 3.46. The van der Waals surface area contributed by atoms with Gasteiger partial charge in [0.05, 0.1) is 19.3 Å². The zero-order chi connectivity index (χ0) is 27.4. The summed E-state index contributed by atoms with van der Waals surface area (Å²) in [6.07, 6.45) is 4.61. The number of ketones is 1. The van der Waals surface area contributed by atoms with Crippen molar-refractivity contribution in [3.05, 3.63) is 71.1 Å². The lowest BCUT2D eigenvalue weighted by Crippen LogP contribution is -2.38. The number of hydrogen-bond donors (Lipinski definition) is 2. The molecule has 4 heterocycles. The Kier molecular flexibility index (Phi) is 7.94. The Morgan fingerprint density at radius 2 is 2.08 bits per heavy atom. The maximum Gasteiger partial charge on any atom is 0.348 e. The first kappa shape index (κ1) is 26.5. The standard InChI is InChI=1S/C29H32N4O6/c1-18(2)38-29(35)25-26(34)24(16-20-17-31-27-22(20)5-4-8-30-27)39-28(25)32-23-7-6-21(15-19(23)3)37-14-11-33-9-12-36-13-10-33/h4-8,15-18,32H,9-14H2,1-3H3,(H,30,31). The molecular weight excluding hydrogens is 500 g/mol. The molecular formula is C29H32N4O6. The van der Waals surface area contributed by atoms with E-state index in [0.717, 1.165) is 49.5 Å². The Bertz CT molecular complexity index is 1430. The molecule has 1 saturated heterocycles. The summed E-state index contributed by atoms with van der Waals surface area (Å²) in [7, 11) is 0. The van der Waals surface area contributed by atoms with Gasteiger partial charge in [-0.05, 0) is 62.7 Å². The predicted molar refractivity (Wildman–Crippen MR) is 146 cm³/mol. The highest BCUT2D eigenvalue weighted by molar-refractivity contribution is 6.27. The van der Waals surface area contributed by atoms with E-state index >= 15 is 0 Å². The van der Waals surface area contributed by atoms with Gasteiger partial charge < -0.3 is 29.2 Å². The number of hydrogen-bond acceptors (Lipinski definition) is 9. The van der Waals surface area contributed by atoms with Gasteiger partial charge in [-0.3, -0.25) is 9.69 Å². The van der Waals surface area contributed by atoms with Crippen molar-refractivity contribution in [2.45, 2.75) is 26.9 Å². The third-order valence-corrected chi connectivity index (χ3v) is 6.43. The van der Waals surface area contributed by atoms with E-state index in [-0.39, 0.29) is 17.2 Å². The van der Waals surface area contributed by atoms with Gasteiger partial charge in [-0.15, -0.1) is 0 Å². The fraction of sp³-hybridized carbons (Fsp3) is 0.345. The molecule has 2 aliphatic rings. The van der Waals surface area contributed by atoms with Gasteiger partial charge in [0.2, 0.25) is 11.7 Å². The number of rotatable bonds is 9. The summed E-state index contributed by atoms with van der Waals surface area (Å²) >= 11 is 0. The SMILES string of the molecule is Cc1cc(OCCN2CCOCC2)ccc1NC1=C(C(=O)OC(C)C)C(=O)C(=Cc2c[nH]c3ncccc23)O1. The summed E-state index contributed by atoms with van der Waals surface area (Å²) in [5, 5.41) is 3.95. The van der Waals surface area contributed by atoms with Crippen molar-refractivity contribution in [1.29, 1.82) is 0 Å². The molecule has 1 fully saturated rings. The van der Waals surface area contributed by atoms with Crippen molar-refractivity contribution in [2.24, 2.45) is 0 Å². The van der Waals surface area contributed by atoms with E-state index in [1.807, 2.05) is 37.3 Å². The van der Waals surface area contributed by atoms with E-state index in [1.54, 1.807) is 32.3 Å². The number of fused-ring (bicyclic) bond motifs is 1. The molecule has 0 atom stereocenters. The van der Waals surface area contributed by atoms with Crippen LogP contribution in [0.2, 0.25) is 0 Å². The number of allylic oxidation sites excluding steroid dienone is 1. The number of H-pyrrole nitrogens is 1. The molecule has 39 heavy (non-hydrogen) atoms. The van der Waals surface area contributed by atoms with Crippen LogP contribution in [-0.2, 0) is 23.8 Å². The molecule has 0 bridgehead atoms. The second-order valence-corrected chi connectivity index (χ2v) is 9.65. The Balaban J connectivity index is 1.34. The maximum absolute atomic E-state index is 13.3. The normalized spacial score (nSPS) is 17.2. The molecule has 5 rings (SSSR count). The van der Waals surface area contributed by atoms with Gasteiger partial charge in [0.15, 0.2) is 11.3 Å². The van der Waals surface area contributed by atoms with Crippen LogP contribution >= 0.6 is 0 Å². The summed E-state index contributed by atoms with van der Waals surface area (Å²) in [6.45, 7) is 10.1. The smallest absolute Gasteiger partial charge is 0.348 e. The van der Waals surface area contributed by atoms with Crippen molar-refractivity contribution in [1.82, 2.24) is 14.9 Å². The lowest BCUT2D eigenvalue weighted by atomic mass is 10.1. The number of aromatic nitrogens is 2. The third-order valence-electron chi connectivity index (χ3n) is 6.43. The second-order valence-electron chi connectivity index (χ2n) is 9.65. The van der Waals surface area contributed by atoms with Crippen molar-refractivity contribution in [3.8, 4) is 5.75 Å². The van der Waals surface area contributed by atoms with Crippen molar-refractivity contribution >= 4 is 34.5 Å². The largest absolute Gasteiger partial charge is 0.492 e. The molecule has 0 spiro atoms. The first-order chi connectivity index (χ1) is 18.9. The van der Waals surface area contributed by atoms with Gasteiger partial charge in [-0.25, -0.2) is 9.78 Å². The zero-order valence-electron chi connectivity index (χ0n) is 22.3. The van der Waals surface area contributed by atoms with Gasteiger partial charge in [0, 0.05) is 48.7 Å². The van der Waals surface area contributed by atoms with Gasteiger partial charge in [0.1, 0.15) is 18.0 Å². The molecule has 0 unspecified atom stereocenters. The number of anilines is 1. The van der Waals surface area contributed by atoms with Gasteiger partial charge in [-0.2, -0.15) is 0 Å². The topological polar surface area (TPSA) is 115 Å². The highest BCUT2D eigenvalue weighted by atomic mass is 16.6. The summed E-state index contributed by atoms with van der Waals surface area (Å²) < 4.78 is 22.6. The number of carbonyl (C=O) groups is 2. The van der Waals surface area contributed by atoms with Crippen LogP contribution < -0.4 is 10.1 Å². The highest BCUT2D eigenvalue weighted by Crippen LogP contribution is 2.32. The monoisotopic (exact) mass is 532 g/mol. The number of ether oxygens (including phenoxy) is 4. The molecule has 10 heteroatoms. The molecule has 0 radical (unpaired) electrons.